The van der Waals surface area contributed by atoms with E-state index in [0.717, 1.165) is 18.6 Å². The van der Waals surface area contributed by atoms with E-state index >= 15 is 0 Å². The van der Waals surface area contributed by atoms with Crippen molar-refractivity contribution in [3.05, 3.63) is 24.3 Å². The zero-order chi connectivity index (χ0) is 13.0. The molecular formula is C13H18N2O3. The van der Waals surface area contributed by atoms with E-state index in [1.165, 1.54) is 0 Å². The molecule has 1 amide bonds. The zero-order valence-electron chi connectivity index (χ0n) is 10.5. The predicted octanol–water partition coefficient (Wildman–Crippen LogP) is 1.62. The lowest BCUT2D eigenvalue weighted by atomic mass is 10.1. The molecule has 1 unspecified atom stereocenters. The van der Waals surface area contributed by atoms with Crippen molar-refractivity contribution in [2.24, 2.45) is 5.73 Å². The Morgan fingerprint density at radius 1 is 1.33 bits per heavy atom. The van der Waals surface area contributed by atoms with Crippen LogP contribution in [0.2, 0.25) is 0 Å². The van der Waals surface area contributed by atoms with Gasteiger partial charge < -0.3 is 20.1 Å². The Hall–Kier alpha value is -1.75. The molecule has 0 saturated carbocycles. The number of nitrogens with zero attached hydrogens (tertiary/aromatic N) is 1. The van der Waals surface area contributed by atoms with E-state index in [1.54, 1.807) is 36.3 Å². The molecule has 1 aromatic rings. The molecule has 5 heteroatoms. The van der Waals surface area contributed by atoms with Crippen LogP contribution in [-0.4, -0.2) is 37.2 Å². The lowest BCUT2D eigenvalue weighted by Crippen LogP contribution is -2.46. The molecule has 0 aliphatic carbocycles. The molecule has 1 heterocycles. The molecule has 18 heavy (non-hydrogen) atoms. The molecule has 1 fully saturated rings. The normalized spacial score (nSPS) is 19.4. The van der Waals surface area contributed by atoms with Crippen LogP contribution in [0, 0.1) is 0 Å². The van der Waals surface area contributed by atoms with Crippen LogP contribution in [-0.2, 0) is 0 Å². The summed E-state index contributed by atoms with van der Waals surface area (Å²) in [6.07, 6.45) is 1.56. The first-order chi connectivity index (χ1) is 8.69. The van der Waals surface area contributed by atoms with Gasteiger partial charge in [0.05, 0.1) is 7.11 Å². The summed E-state index contributed by atoms with van der Waals surface area (Å²) in [6, 6.07) is 6.98. The Bertz CT molecular complexity index is 405. The summed E-state index contributed by atoms with van der Waals surface area (Å²) in [6.45, 7) is 1.28. The van der Waals surface area contributed by atoms with Crippen LogP contribution in [0.5, 0.6) is 11.5 Å². The molecule has 2 rings (SSSR count). The van der Waals surface area contributed by atoms with Crippen molar-refractivity contribution < 1.29 is 14.3 Å². The highest BCUT2D eigenvalue weighted by molar-refractivity contribution is 5.70. The van der Waals surface area contributed by atoms with Crippen molar-refractivity contribution in [2.45, 2.75) is 18.9 Å². The molecule has 1 aromatic carbocycles. The number of carbonyl (C=O) groups is 1. The second-order valence-corrected chi connectivity index (χ2v) is 4.39. The maximum absolute atomic E-state index is 11.9. The van der Waals surface area contributed by atoms with E-state index in [9.17, 15) is 4.79 Å². The molecular weight excluding hydrogens is 232 g/mol. The highest BCUT2D eigenvalue weighted by Crippen LogP contribution is 2.18. The molecule has 0 spiro atoms. The maximum atomic E-state index is 11.9. The quantitative estimate of drug-likeness (QED) is 0.866. The molecule has 0 radical (unpaired) electrons. The summed E-state index contributed by atoms with van der Waals surface area (Å²) < 4.78 is 10.3. The second kappa shape index (κ2) is 5.73. The fourth-order valence-corrected chi connectivity index (χ4v) is 1.98. The van der Waals surface area contributed by atoms with Crippen molar-refractivity contribution in [3.63, 3.8) is 0 Å². The van der Waals surface area contributed by atoms with E-state index in [2.05, 4.69) is 0 Å². The van der Waals surface area contributed by atoms with Crippen molar-refractivity contribution in [1.29, 1.82) is 0 Å². The topological polar surface area (TPSA) is 64.8 Å². The van der Waals surface area contributed by atoms with Gasteiger partial charge >= 0.3 is 6.09 Å². The Kier molecular flexibility index (Phi) is 4.04. The molecule has 1 aliphatic heterocycles. The fourth-order valence-electron chi connectivity index (χ4n) is 1.98. The van der Waals surface area contributed by atoms with E-state index in [4.69, 9.17) is 15.2 Å². The number of ether oxygens (including phenoxy) is 2. The SMILES string of the molecule is COc1ccc(OC(=O)N2CCCC(N)C2)cc1. The van der Waals surface area contributed by atoms with E-state index in [1.807, 2.05) is 0 Å². The van der Waals surface area contributed by atoms with Crippen molar-refractivity contribution in [1.82, 2.24) is 4.90 Å². The van der Waals surface area contributed by atoms with Crippen LogP contribution in [0.1, 0.15) is 12.8 Å². The minimum absolute atomic E-state index is 0.0576. The number of carbonyl (C=O) groups excluding carboxylic acids is 1. The standard InChI is InChI=1S/C13H18N2O3/c1-17-11-4-6-12(7-5-11)18-13(16)15-8-2-3-10(14)9-15/h4-7,10H,2-3,8-9,14H2,1H3. The number of likely N-dealkylation sites (tertiary alicyclic amines) is 1. The van der Waals surface area contributed by atoms with E-state index < -0.39 is 0 Å². The van der Waals surface area contributed by atoms with Crippen LogP contribution < -0.4 is 15.2 Å². The van der Waals surface area contributed by atoms with Gasteiger partial charge in [-0.1, -0.05) is 0 Å². The molecule has 1 aliphatic rings. The number of rotatable bonds is 2. The smallest absolute Gasteiger partial charge is 0.415 e. The van der Waals surface area contributed by atoms with E-state index in [0.29, 0.717) is 18.8 Å². The third-order valence-corrected chi connectivity index (χ3v) is 2.98. The second-order valence-electron chi connectivity index (χ2n) is 4.39. The van der Waals surface area contributed by atoms with Crippen molar-refractivity contribution in [2.75, 3.05) is 20.2 Å². The Morgan fingerprint density at radius 3 is 2.61 bits per heavy atom. The van der Waals surface area contributed by atoms with Crippen LogP contribution in [0.15, 0.2) is 24.3 Å². The lowest BCUT2D eigenvalue weighted by Gasteiger charge is -2.29. The molecule has 2 N–H and O–H groups in total. The molecule has 98 valence electrons. The van der Waals surface area contributed by atoms with Crippen molar-refractivity contribution in [3.8, 4) is 11.5 Å². The van der Waals surface area contributed by atoms with Crippen molar-refractivity contribution >= 4 is 6.09 Å². The fraction of sp³-hybridized carbons (Fsp3) is 0.462. The summed E-state index contributed by atoms with van der Waals surface area (Å²) >= 11 is 0. The zero-order valence-corrected chi connectivity index (χ0v) is 10.5. The number of methoxy groups -OCH3 is 1. The van der Waals surface area contributed by atoms with Gasteiger partial charge in [-0.2, -0.15) is 0 Å². The third kappa shape index (κ3) is 3.13. The third-order valence-electron chi connectivity index (χ3n) is 2.98. The van der Waals surface area contributed by atoms with Gasteiger partial charge in [-0.25, -0.2) is 4.79 Å². The highest BCUT2D eigenvalue weighted by Gasteiger charge is 2.22. The number of nitrogens with two attached hydrogens (primary N) is 1. The summed E-state index contributed by atoms with van der Waals surface area (Å²) in [5.74, 6) is 1.25. The summed E-state index contributed by atoms with van der Waals surface area (Å²) in [4.78, 5) is 13.5. The number of piperidine rings is 1. The van der Waals surface area contributed by atoms with Crippen LogP contribution in [0.3, 0.4) is 0 Å². The van der Waals surface area contributed by atoms with Crippen LogP contribution >= 0.6 is 0 Å². The molecule has 0 aromatic heterocycles. The number of amides is 1. The Morgan fingerprint density at radius 2 is 2.00 bits per heavy atom. The van der Waals surface area contributed by atoms with Gasteiger partial charge in [0.25, 0.3) is 0 Å². The lowest BCUT2D eigenvalue weighted by molar-refractivity contribution is 0.137. The van der Waals surface area contributed by atoms with Gasteiger partial charge in [-0.05, 0) is 37.1 Å². The van der Waals surface area contributed by atoms with Gasteiger partial charge in [0.15, 0.2) is 0 Å². The summed E-state index contributed by atoms with van der Waals surface area (Å²) in [5.41, 5.74) is 5.83. The summed E-state index contributed by atoms with van der Waals surface area (Å²) in [7, 11) is 1.59. The van der Waals surface area contributed by atoms with E-state index in [-0.39, 0.29) is 12.1 Å². The minimum Gasteiger partial charge on any atom is -0.497 e. The highest BCUT2D eigenvalue weighted by atomic mass is 16.6. The minimum atomic E-state index is -0.338. The number of benzene rings is 1. The molecule has 5 nitrogen and oxygen atoms in total. The molecule has 1 atom stereocenters. The maximum Gasteiger partial charge on any atom is 0.415 e. The monoisotopic (exact) mass is 250 g/mol. The first kappa shape index (κ1) is 12.7. The number of hydrogen-bond acceptors (Lipinski definition) is 4. The average Bonchev–Trinajstić information content (AvgIpc) is 2.39. The van der Waals surface area contributed by atoms with Gasteiger partial charge in [0.1, 0.15) is 11.5 Å². The number of hydrogen-bond donors (Lipinski definition) is 1. The Labute approximate surface area is 106 Å². The first-order valence-electron chi connectivity index (χ1n) is 6.05. The van der Waals surface area contributed by atoms with Gasteiger partial charge in [0, 0.05) is 19.1 Å². The summed E-state index contributed by atoms with van der Waals surface area (Å²) in [5, 5.41) is 0. The molecule has 0 bridgehead atoms. The largest absolute Gasteiger partial charge is 0.497 e. The van der Waals surface area contributed by atoms with Gasteiger partial charge in [-0.3, -0.25) is 0 Å². The van der Waals surface area contributed by atoms with Crippen LogP contribution in [0.25, 0.3) is 0 Å². The van der Waals surface area contributed by atoms with Gasteiger partial charge in [-0.15, -0.1) is 0 Å². The average molecular weight is 250 g/mol. The Balaban J connectivity index is 1.93. The molecule has 1 saturated heterocycles. The van der Waals surface area contributed by atoms with Gasteiger partial charge in [0.2, 0.25) is 0 Å². The first-order valence-corrected chi connectivity index (χ1v) is 6.05. The predicted molar refractivity (Wildman–Crippen MR) is 67.8 cm³/mol. The van der Waals surface area contributed by atoms with Crippen LogP contribution in [0.4, 0.5) is 4.79 Å².